The molecule has 1 aliphatic rings. The van der Waals surface area contributed by atoms with Gasteiger partial charge in [0.25, 0.3) is 5.69 Å². The van der Waals surface area contributed by atoms with Crippen LogP contribution in [0.15, 0.2) is 18.2 Å². The van der Waals surface area contributed by atoms with Gasteiger partial charge in [0.15, 0.2) is 0 Å². The molecule has 0 aliphatic carbocycles. The Morgan fingerprint density at radius 1 is 1.50 bits per heavy atom. The quantitative estimate of drug-likeness (QED) is 0.650. The number of thioether (sulfide) groups is 1. The molecule has 0 spiro atoms. The van der Waals surface area contributed by atoms with Gasteiger partial charge in [0, 0.05) is 29.6 Å². The summed E-state index contributed by atoms with van der Waals surface area (Å²) >= 11 is 1.92. The van der Waals surface area contributed by atoms with E-state index < -0.39 is 0 Å². The molecule has 0 bridgehead atoms. The van der Waals surface area contributed by atoms with Crippen LogP contribution in [0.2, 0.25) is 0 Å². The Balaban J connectivity index is 2.16. The van der Waals surface area contributed by atoms with Crippen LogP contribution in [-0.2, 0) is 0 Å². The van der Waals surface area contributed by atoms with Gasteiger partial charge >= 0.3 is 0 Å². The molecule has 1 aromatic rings. The molecule has 16 heavy (non-hydrogen) atoms. The van der Waals surface area contributed by atoms with Crippen molar-refractivity contribution in [3.63, 3.8) is 0 Å². The lowest BCUT2D eigenvalue weighted by atomic mass is 10.1. The third-order valence-electron chi connectivity index (χ3n) is 2.57. The molecule has 0 aromatic heterocycles. The molecule has 0 amide bonds. The van der Waals surface area contributed by atoms with Crippen LogP contribution in [0, 0.1) is 17.0 Å². The maximum Gasteiger partial charge on any atom is 0.271 e. The zero-order valence-electron chi connectivity index (χ0n) is 9.10. The van der Waals surface area contributed by atoms with E-state index in [1.165, 1.54) is 5.75 Å². The maximum atomic E-state index is 10.7. The predicted octanol–water partition coefficient (Wildman–Crippen LogP) is 2.82. The molecule has 1 saturated heterocycles. The highest BCUT2D eigenvalue weighted by Crippen LogP contribution is 2.25. The van der Waals surface area contributed by atoms with Gasteiger partial charge in [-0.05, 0) is 30.7 Å². The Morgan fingerprint density at radius 2 is 2.31 bits per heavy atom. The smallest absolute Gasteiger partial charge is 0.271 e. The molecular formula is C11H14N2O2S. The van der Waals surface area contributed by atoms with Crippen molar-refractivity contribution in [2.45, 2.75) is 19.4 Å². The summed E-state index contributed by atoms with van der Waals surface area (Å²) in [5.74, 6) is 2.26. The predicted molar refractivity (Wildman–Crippen MR) is 67.2 cm³/mol. The van der Waals surface area contributed by atoms with Gasteiger partial charge in [-0.25, -0.2) is 0 Å². The van der Waals surface area contributed by atoms with Gasteiger partial charge in [0.2, 0.25) is 0 Å². The molecular weight excluding hydrogens is 224 g/mol. The molecule has 1 fully saturated rings. The van der Waals surface area contributed by atoms with Gasteiger partial charge in [-0.1, -0.05) is 0 Å². The third-order valence-corrected chi connectivity index (χ3v) is 3.74. The van der Waals surface area contributed by atoms with Gasteiger partial charge in [-0.2, -0.15) is 11.8 Å². The Labute approximate surface area is 98.6 Å². The second-order valence-electron chi connectivity index (χ2n) is 4.02. The number of nitrogens with zero attached hydrogens (tertiary/aromatic N) is 1. The summed E-state index contributed by atoms with van der Waals surface area (Å²) in [4.78, 5) is 10.4. The highest BCUT2D eigenvalue weighted by atomic mass is 32.2. The van der Waals surface area contributed by atoms with E-state index in [2.05, 4.69) is 5.32 Å². The van der Waals surface area contributed by atoms with E-state index in [1.807, 2.05) is 24.8 Å². The Hall–Kier alpha value is -1.23. The number of nitro benzene ring substituents is 1. The number of rotatable bonds is 3. The molecule has 1 aliphatic heterocycles. The monoisotopic (exact) mass is 238 g/mol. The summed E-state index contributed by atoms with van der Waals surface area (Å²) in [5.41, 5.74) is 1.94. The number of non-ortho nitro benzene ring substituents is 1. The summed E-state index contributed by atoms with van der Waals surface area (Å²) in [6, 6.07) is 5.60. The first-order valence-corrected chi connectivity index (χ1v) is 6.41. The molecule has 1 aromatic carbocycles. The van der Waals surface area contributed by atoms with E-state index in [0.29, 0.717) is 6.04 Å². The van der Waals surface area contributed by atoms with Gasteiger partial charge < -0.3 is 5.32 Å². The zero-order valence-corrected chi connectivity index (χ0v) is 9.92. The standard InChI is InChI=1S/C11H14N2O2S/c1-8-4-10(6-11(5-8)13(14)15)12-9-2-3-16-7-9/h4-6,9,12H,2-3,7H2,1H3. The van der Waals surface area contributed by atoms with Crippen LogP contribution in [0.5, 0.6) is 0 Å². The molecule has 0 radical (unpaired) electrons. The molecule has 86 valence electrons. The fourth-order valence-electron chi connectivity index (χ4n) is 1.84. The van der Waals surface area contributed by atoms with E-state index in [4.69, 9.17) is 0 Å². The fraction of sp³-hybridized carbons (Fsp3) is 0.455. The minimum atomic E-state index is -0.346. The van der Waals surface area contributed by atoms with E-state index in [0.717, 1.165) is 23.4 Å². The summed E-state index contributed by atoms with van der Waals surface area (Å²) in [5, 5.41) is 14.1. The van der Waals surface area contributed by atoms with Crippen LogP contribution >= 0.6 is 11.8 Å². The van der Waals surface area contributed by atoms with Gasteiger partial charge in [0.1, 0.15) is 0 Å². The zero-order chi connectivity index (χ0) is 11.5. The van der Waals surface area contributed by atoms with Crippen molar-refractivity contribution in [2.75, 3.05) is 16.8 Å². The lowest BCUT2D eigenvalue weighted by Crippen LogP contribution is -2.18. The first-order valence-electron chi connectivity index (χ1n) is 5.25. The van der Waals surface area contributed by atoms with Crippen molar-refractivity contribution in [1.82, 2.24) is 0 Å². The Morgan fingerprint density at radius 3 is 2.94 bits per heavy atom. The van der Waals surface area contributed by atoms with Crippen LogP contribution in [-0.4, -0.2) is 22.5 Å². The third kappa shape index (κ3) is 2.66. The first-order chi connectivity index (χ1) is 7.65. The average Bonchev–Trinajstić information content (AvgIpc) is 2.69. The topological polar surface area (TPSA) is 55.2 Å². The molecule has 1 atom stereocenters. The molecule has 2 rings (SSSR count). The minimum absolute atomic E-state index is 0.160. The van der Waals surface area contributed by atoms with E-state index >= 15 is 0 Å². The molecule has 1 heterocycles. The van der Waals surface area contributed by atoms with Crippen molar-refractivity contribution in [3.8, 4) is 0 Å². The van der Waals surface area contributed by atoms with E-state index in [1.54, 1.807) is 12.1 Å². The molecule has 5 heteroatoms. The summed E-state index contributed by atoms with van der Waals surface area (Å²) in [6.07, 6.45) is 1.13. The second kappa shape index (κ2) is 4.74. The van der Waals surface area contributed by atoms with E-state index in [9.17, 15) is 10.1 Å². The van der Waals surface area contributed by atoms with Crippen molar-refractivity contribution < 1.29 is 4.92 Å². The van der Waals surface area contributed by atoms with Gasteiger partial charge in [0.05, 0.1) is 4.92 Å². The average molecular weight is 238 g/mol. The van der Waals surface area contributed by atoms with Crippen LogP contribution < -0.4 is 5.32 Å². The lowest BCUT2D eigenvalue weighted by Gasteiger charge is -2.13. The number of benzene rings is 1. The minimum Gasteiger partial charge on any atom is -0.381 e. The lowest BCUT2D eigenvalue weighted by molar-refractivity contribution is -0.384. The number of anilines is 1. The van der Waals surface area contributed by atoms with Gasteiger partial charge in [-0.15, -0.1) is 0 Å². The molecule has 4 nitrogen and oxygen atoms in total. The van der Waals surface area contributed by atoms with Crippen LogP contribution in [0.3, 0.4) is 0 Å². The van der Waals surface area contributed by atoms with Crippen LogP contribution in [0.1, 0.15) is 12.0 Å². The number of nitro groups is 1. The SMILES string of the molecule is Cc1cc(NC2CCSC2)cc([N+](=O)[O-])c1. The Bertz CT molecular complexity index is 403. The maximum absolute atomic E-state index is 10.7. The summed E-state index contributed by atoms with van der Waals surface area (Å²) in [7, 11) is 0. The number of aryl methyl sites for hydroxylation is 1. The normalized spacial score (nSPS) is 19.7. The molecule has 1 N–H and O–H groups in total. The number of nitrogens with one attached hydrogen (secondary N) is 1. The second-order valence-corrected chi connectivity index (χ2v) is 5.17. The largest absolute Gasteiger partial charge is 0.381 e. The Kier molecular flexibility index (Phi) is 3.33. The highest BCUT2D eigenvalue weighted by Gasteiger charge is 2.16. The van der Waals surface area contributed by atoms with Gasteiger partial charge in [-0.3, -0.25) is 10.1 Å². The number of hydrogen-bond donors (Lipinski definition) is 1. The fourth-order valence-corrected chi connectivity index (χ4v) is 2.99. The van der Waals surface area contributed by atoms with Crippen molar-refractivity contribution in [3.05, 3.63) is 33.9 Å². The first kappa shape index (κ1) is 11.3. The van der Waals surface area contributed by atoms with E-state index in [-0.39, 0.29) is 10.6 Å². The summed E-state index contributed by atoms with van der Waals surface area (Å²) < 4.78 is 0. The molecule has 0 saturated carbocycles. The molecule has 1 unspecified atom stereocenters. The van der Waals surface area contributed by atoms with Crippen molar-refractivity contribution >= 4 is 23.1 Å². The summed E-state index contributed by atoms with van der Waals surface area (Å²) in [6.45, 7) is 1.88. The van der Waals surface area contributed by atoms with Crippen molar-refractivity contribution in [2.24, 2.45) is 0 Å². The highest BCUT2D eigenvalue weighted by molar-refractivity contribution is 7.99. The van der Waals surface area contributed by atoms with Crippen molar-refractivity contribution in [1.29, 1.82) is 0 Å². The van der Waals surface area contributed by atoms with Crippen LogP contribution in [0.25, 0.3) is 0 Å². The van der Waals surface area contributed by atoms with Crippen LogP contribution in [0.4, 0.5) is 11.4 Å². The number of hydrogen-bond acceptors (Lipinski definition) is 4.